The zero-order valence-electron chi connectivity index (χ0n) is 23.5. The minimum atomic E-state index is -4.75. The van der Waals surface area contributed by atoms with Gasteiger partial charge in [0.15, 0.2) is 11.5 Å². The summed E-state index contributed by atoms with van der Waals surface area (Å²) in [5, 5.41) is 11.0. The fraction of sp³-hybridized carbons (Fsp3) is 0.250. The number of alkyl halides is 3. The van der Waals surface area contributed by atoms with Crippen molar-refractivity contribution in [3.63, 3.8) is 0 Å². The third kappa shape index (κ3) is 5.11. The molecule has 0 spiro atoms. The standard InChI is InChI=1S/C32H26F3N7O2/c33-32(34,35)28-26-14-17-41(23-12-10-20(11-13-23)25-9-2-1-6-22(25)19-40-15-3-4-16-40)30(43)27(26)42(39-28)24-8-5-7-21(18-24)29-36-31(44)38-37-29/h1-2,5-13,18H,3-4,14-17,19H2. The molecule has 44 heavy (non-hydrogen) atoms. The second kappa shape index (κ2) is 10.9. The van der Waals surface area contributed by atoms with Crippen LogP contribution in [-0.2, 0) is 19.1 Å². The molecule has 0 radical (unpaired) electrons. The lowest BCUT2D eigenvalue weighted by molar-refractivity contribution is -0.141. The number of amides is 3. The molecule has 0 aliphatic carbocycles. The van der Waals surface area contributed by atoms with Gasteiger partial charge in [0.1, 0.15) is 5.69 Å². The van der Waals surface area contributed by atoms with E-state index in [-0.39, 0.29) is 35.7 Å². The monoisotopic (exact) mass is 597 g/mol. The van der Waals surface area contributed by atoms with Gasteiger partial charge in [-0.3, -0.25) is 9.69 Å². The van der Waals surface area contributed by atoms with Crippen molar-refractivity contribution in [3.05, 3.63) is 101 Å². The van der Waals surface area contributed by atoms with Gasteiger partial charge in [-0.2, -0.15) is 23.3 Å². The van der Waals surface area contributed by atoms with E-state index < -0.39 is 23.8 Å². The quantitative estimate of drug-likeness (QED) is 0.248. The van der Waals surface area contributed by atoms with Gasteiger partial charge in [0.2, 0.25) is 0 Å². The van der Waals surface area contributed by atoms with Crippen molar-refractivity contribution in [2.45, 2.75) is 32.0 Å². The number of benzene rings is 3. The zero-order valence-corrected chi connectivity index (χ0v) is 23.5. The Bertz CT molecular complexity index is 1840. The van der Waals surface area contributed by atoms with Crippen molar-refractivity contribution < 1.29 is 22.8 Å². The lowest BCUT2D eigenvalue weighted by Gasteiger charge is -2.28. The maximum absolute atomic E-state index is 14.1. The predicted octanol–water partition coefficient (Wildman–Crippen LogP) is 6.69. The highest BCUT2D eigenvalue weighted by molar-refractivity contribution is 6.09. The lowest BCUT2D eigenvalue weighted by atomic mass is 9.98. The number of nitrogens with zero attached hydrogens (tertiary/aromatic N) is 7. The number of hydrogen-bond donors (Lipinski definition) is 0. The molecule has 9 nitrogen and oxygen atoms in total. The molecular weight excluding hydrogens is 571 g/mol. The number of aliphatic imine (C=N–C) groups is 1. The Hall–Kier alpha value is -4.97. The molecule has 1 aromatic heterocycles. The molecule has 4 heterocycles. The first-order chi connectivity index (χ1) is 21.3. The molecule has 12 heteroatoms. The highest BCUT2D eigenvalue weighted by atomic mass is 19.4. The molecule has 4 aromatic rings. The van der Waals surface area contributed by atoms with Crippen LogP contribution in [0.4, 0.5) is 23.7 Å². The Labute approximate surface area is 250 Å². The van der Waals surface area contributed by atoms with E-state index in [1.807, 2.05) is 36.4 Å². The molecule has 3 amide bonds. The van der Waals surface area contributed by atoms with E-state index in [1.165, 1.54) is 35.4 Å². The number of rotatable bonds is 6. The number of carbonyl (C=O) groups excluding carboxylic acids is 2. The molecule has 1 fully saturated rings. The Morgan fingerprint density at radius 2 is 1.57 bits per heavy atom. The predicted molar refractivity (Wildman–Crippen MR) is 157 cm³/mol. The topological polar surface area (TPSA) is 95.5 Å². The molecule has 7 rings (SSSR count). The summed E-state index contributed by atoms with van der Waals surface area (Å²) in [6, 6.07) is 21.2. The first-order valence-electron chi connectivity index (χ1n) is 14.3. The summed E-state index contributed by atoms with van der Waals surface area (Å²) < 4.78 is 43.3. The average molecular weight is 598 g/mol. The van der Waals surface area contributed by atoms with Crippen LogP contribution < -0.4 is 4.90 Å². The van der Waals surface area contributed by atoms with Gasteiger partial charge in [-0.05, 0) is 73.3 Å². The average Bonchev–Trinajstić information content (AvgIpc) is 3.78. The second-order valence-corrected chi connectivity index (χ2v) is 10.9. The largest absolute Gasteiger partial charge is 0.435 e. The Morgan fingerprint density at radius 3 is 2.30 bits per heavy atom. The normalized spacial score (nSPS) is 17.0. The van der Waals surface area contributed by atoms with Crippen LogP contribution in [0.1, 0.15) is 45.7 Å². The molecule has 3 aromatic carbocycles. The van der Waals surface area contributed by atoms with Gasteiger partial charge in [0.05, 0.1) is 5.69 Å². The number of fused-ring (bicyclic) bond motifs is 1. The van der Waals surface area contributed by atoms with Gasteiger partial charge in [0.25, 0.3) is 5.91 Å². The van der Waals surface area contributed by atoms with E-state index in [0.717, 1.165) is 35.4 Å². The van der Waals surface area contributed by atoms with Gasteiger partial charge >= 0.3 is 12.2 Å². The molecule has 1 saturated heterocycles. The third-order valence-electron chi connectivity index (χ3n) is 8.17. The van der Waals surface area contributed by atoms with Crippen LogP contribution in [0.3, 0.4) is 0 Å². The summed E-state index contributed by atoms with van der Waals surface area (Å²) in [6.07, 6.45) is -2.36. The van der Waals surface area contributed by atoms with Gasteiger partial charge in [-0.1, -0.05) is 53.6 Å². The lowest BCUT2D eigenvalue weighted by Crippen LogP contribution is -2.39. The third-order valence-corrected chi connectivity index (χ3v) is 8.17. The number of azo groups is 1. The first kappa shape index (κ1) is 27.8. The van der Waals surface area contributed by atoms with Crippen LogP contribution >= 0.6 is 0 Å². The van der Waals surface area contributed by atoms with E-state index in [9.17, 15) is 22.8 Å². The van der Waals surface area contributed by atoms with Crippen molar-refractivity contribution in [1.82, 2.24) is 14.7 Å². The number of halogens is 3. The molecule has 3 aliphatic heterocycles. The molecule has 0 unspecified atom stereocenters. The first-order valence-corrected chi connectivity index (χ1v) is 14.3. The van der Waals surface area contributed by atoms with E-state index in [0.29, 0.717) is 11.3 Å². The van der Waals surface area contributed by atoms with Gasteiger partial charge in [-0.15, -0.1) is 5.11 Å². The number of amidine groups is 1. The minimum Gasteiger partial charge on any atom is -0.307 e. The van der Waals surface area contributed by atoms with Crippen LogP contribution in [0.5, 0.6) is 0 Å². The number of aromatic nitrogens is 2. The zero-order chi connectivity index (χ0) is 30.4. The second-order valence-electron chi connectivity index (χ2n) is 10.9. The molecule has 3 aliphatic rings. The van der Waals surface area contributed by atoms with Crippen LogP contribution in [0.2, 0.25) is 0 Å². The van der Waals surface area contributed by atoms with Crippen LogP contribution in [-0.4, -0.2) is 52.1 Å². The SMILES string of the molecule is O=C1N=NC(c2cccc(-n3nc(C(F)(F)F)c4c3C(=O)N(c3ccc(-c5ccccc5CN5CCCC5)cc3)CC4)c2)=N1. The summed E-state index contributed by atoms with van der Waals surface area (Å²) >= 11 is 0. The molecule has 0 saturated carbocycles. The Balaban J connectivity index is 1.22. The minimum absolute atomic E-state index is 0.0224. The number of anilines is 1. The number of urea groups is 1. The molecule has 0 bridgehead atoms. The highest BCUT2D eigenvalue weighted by Gasteiger charge is 2.43. The summed E-state index contributed by atoms with van der Waals surface area (Å²) in [4.78, 5) is 33.0. The maximum atomic E-state index is 14.1. The summed E-state index contributed by atoms with van der Waals surface area (Å²) in [6.45, 7) is 3.11. The highest BCUT2D eigenvalue weighted by Crippen LogP contribution is 2.38. The number of hydrogen-bond acceptors (Lipinski definition) is 5. The summed E-state index contributed by atoms with van der Waals surface area (Å²) in [5.74, 6) is -0.557. The van der Waals surface area contributed by atoms with E-state index in [1.54, 1.807) is 12.1 Å². The van der Waals surface area contributed by atoms with Gasteiger partial charge < -0.3 is 4.90 Å². The fourth-order valence-corrected chi connectivity index (χ4v) is 6.09. The van der Waals surface area contributed by atoms with Crippen LogP contribution in [0, 0.1) is 0 Å². The molecule has 222 valence electrons. The van der Waals surface area contributed by atoms with Gasteiger partial charge in [-0.25, -0.2) is 9.48 Å². The molecular formula is C32H26F3N7O2. The van der Waals surface area contributed by atoms with E-state index >= 15 is 0 Å². The van der Waals surface area contributed by atoms with Crippen molar-refractivity contribution >= 4 is 23.5 Å². The molecule has 0 atom stereocenters. The van der Waals surface area contributed by atoms with Crippen molar-refractivity contribution in [2.75, 3.05) is 24.5 Å². The summed E-state index contributed by atoms with van der Waals surface area (Å²) in [5.41, 5.74) is 3.07. The van der Waals surface area contributed by atoms with Crippen LogP contribution in [0.15, 0.2) is 88.0 Å². The summed E-state index contributed by atoms with van der Waals surface area (Å²) in [7, 11) is 0. The maximum Gasteiger partial charge on any atom is 0.435 e. The van der Waals surface area contributed by atoms with Crippen molar-refractivity contribution in [1.29, 1.82) is 0 Å². The van der Waals surface area contributed by atoms with Crippen molar-refractivity contribution in [2.24, 2.45) is 15.2 Å². The Kier molecular flexibility index (Phi) is 6.92. The number of carbonyl (C=O) groups is 2. The van der Waals surface area contributed by atoms with Crippen molar-refractivity contribution in [3.8, 4) is 16.8 Å². The van der Waals surface area contributed by atoms with E-state index in [4.69, 9.17) is 0 Å². The molecule has 0 N–H and O–H groups in total. The van der Waals surface area contributed by atoms with Crippen LogP contribution in [0.25, 0.3) is 16.8 Å². The van der Waals surface area contributed by atoms with E-state index in [2.05, 4.69) is 37.4 Å². The Morgan fingerprint density at radius 1 is 0.795 bits per heavy atom. The fourth-order valence-electron chi connectivity index (χ4n) is 6.09. The van der Waals surface area contributed by atoms with Gasteiger partial charge in [0, 0.05) is 29.9 Å². The smallest absolute Gasteiger partial charge is 0.307 e. The number of likely N-dealkylation sites (tertiary alicyclic amines) is 1.